The monoisotopic (exact) mass is 443 g/mol. The highest BCUT2D eigenvalue weighted by atomic mass is 32.1. The lowest BCUT2D eigenvalue weighted by Gasteiger charge is -2.09. The predicted molar refractivity (Wildman–Crippen MR) is 123 cm³/mol. The molecule has 0 aliphatic rings. The van der Waals surface area contributed by atoms with Crippen molar-refractivity contribution in [2.75, 3.05) is 5.32 Å². The second-order valence-electron chi connectivity index (χ2n) is 7.04. The molecule has 0 bridgehead atoms. The summed E-state index contributed by atoms with van der Waals surface area (Å²) in [6.07, 6.45) is 2.93. The number of fused-ring (bicyclic) bond motifs is 1. The molecule has 0 aliphatic carbocycles. The van der Waals surface area contributed by atoms with E-state index in [-0.39, 0.29) is 12.1 Å². The van der Waals surface area contributed by atoms with E-state index in [4.69, 9.17) is 0 Å². The van der Waals surface area contributed by atoms with Crippen molar-refractivity contribution in [2.24, 2.45) is 0 Å². The maximum absolute atomic E-state index is 13.1. The SMILES string of the molecule is O=C(Nc1c(-c2ccccc2)nc2ccccn12)c1c[nH]c(=O)n(Cc2cccs2)c1=O. The lowest BCUT2D eigenvalue weighted by Crippen LogP contribution is -2.39. The van der Waals surface area contributed by atoms with Gasteiger partial charge in [0.25, 0.3) is 11.5 Å². The fourth-order valence-electron chi connectivity index (χ4n) is 3.46. The fourth-order valence-corrected chi connectivity index (χ4v) is 4.16. The van der Waals surface area contributed by atoms with E-state index in [2.05, 4.69) is 15.3 Å². The number of imidazole rings is 1. The Hall–Kier alpha value is -4.24. The summed E-state index contributed by atoms with van der Waals surface area (Å²) in [6.45, 7) is 0.0951. The molecule has 0 unspecified atom stereocenters. The van der Waals surface area contributed by atoms with Crippen LogP contribution in [0.4, 0.5) is 5.82 Å². The van der Waals surface area contributed by atoms with Crippen LogP contribution in [0.2, 0.25) is 0 Å². The van der Waals surface area contributed by atoms with E-state index in [1.807, 2.05) is 66.0 Å². The predicted octanol–water partition coefficient (Wildman–Crippen LogP) is 3.21. The van der Waals surface area contributed by atoms with Crippen LogP contribution >= 0.6 is 11.3 Å². The van der Waals surface area contributed by atoms with Crippen LogP contribution in [0, 0.1) is 0 Å². The van der Waals surface area contributed by atoms with Gasteiger partial charge < -0.3 is 10.3 Å². The summed E-state index contributed by atoms with van der Waals surface area (Å²) in [7, 11) is 0. The Morgan fingerprint density at radius 2 is 1.84 bits per heavy atom. The molecule has 5 rings (SSSR count). The average molecular weight is 443 g/mol. The molecular formula is C23H17N5O3S. The number of aromatic nitrogens is 4. The summed E-state index contributed by atoms with van der Waals surface area (Å²) >= 11 is 1.43. The molecule has 0 fully saturated rings. The van der Waals surface area contributed by atoms with Gasteiger partial charge in [-0.1, -0.05) is 42.5 Å². The second-order valence-corrected chi connectivity index (χ2v) is 8.07. The lowest BCUT2D eigenvalue weighted by atomic mass is 10.1. The Morgan fingerprint density at radius 3 is 2.62 bits per heavy atom. The fraction of sp³-hybridized carbons (Fsp3) is 0.0435. The van der Waals surface area contributed by atoms with Crippen molar-refractivity contribution >= 4 is 28.7 Å². The Bertz CT molecular complexity index is 1530. The summed E-state index contributed by atoms with van der Waals surface area (Å²) in [5, 5.41) is 4.69. The number of pyridine rings is 1. The van der Waals surface area contributed by atoms with Crippen LogP contribution in [0.5, 0.6) is 0 Å². The van der Waals surface area contributed by atoms with Crippen molar-refractivity contribution in [3.63, 3.8) is 0 Å². The number of rotatable bonds is 5. The normalized spacial score (nSPS) is 11.0. The van der Waals surface area contributed by atoms with Gasteiger partial charge in [0.1, 0.15) is 22.7 Å². The molecule has 0 aliphatic heterocycles. The first-order valence-corrected chi connectivity index (χ1v) is 10.7. The van der Waals surface area contributed by atoms with Crippen molar-refractivity contribution in [1.29, 1.82) is 0 Å². The molecular weight excluding hydrogens is 426 g/mol. The third kappa shape index (κ3) is 3.54. The average Bonchev–Trinajstić information content (AvgIpc) is 3.45. The van der Waals surface area contributed by atoms with Crippen LogP contribution < -0.4 is 16.6 Å². The van der Waals surface area contributed by atoms with Crippen LogP contribution in [-0.2, 0) is 6.54 Å². The van der Waals surface area contributed by atoms with Crippen molar-refractivity contribution in [1.82, 2.24) is 18.9 Å². The first-order chi connectivity index (χ1) is 15.6. The summed E-state index contributed by atoms with van der Waals surface area (Å²) in [5.74, 6) is -0.193. The molecule has 0 spiro atoms. The molecule has 5 aromatic rings. The first kappa shape index (κ1) is 19.7. The van der Waals surface area contributed by atoms with Gasteiger partial charge >= 0.3 is 5.69 Å². The van der Waals surface area contributed by atoms with E-state index in [9.17, 15) is 14.4 Å². The molecule has 8 nitrogen and oxygen atoms in total. The molecule has 32 heavy (non-hydrogen) atoms. The zero-order valence-electron chi connectivity index (χ0n) is 16.7. The number of anilines is 1. The minimum absolute atomic E-state index is 0.0951. The smallest absolute Gasteiger partial charge is 0.313 e. The lowest BCUT2D eigenvalue weighted by molar-refractivity contribution is 0.102. The van der Waals surface area contributed by atoms with Crippen LogP contribution in [0.3, 0.4) is 0 Å². The van der Waals surface area contributed by atoms with Gasteiger partial charge in [-0.15, -0.1) is 11.3 Å². The molecule has 9 heteroatoms. The topological polar surface area (TPSA) is 101 Å². The molecule has 0 saturated carbocycles. The zero-order valence-corrected chi connectivity index (χ0v) is 17.5. The van der Waals surface area contributed by atoms with Crippen LogP contribution in [0.15, 0.2) is 88.0 Å². The third-order valence-electron chi connectivity index (χ3n) is 5.01. The number of aromatic amines is 1. The van der Waals surface area contributed by atoms with Gasteiger partial charge in [-0.3, -0.25) is 18.6 Å². The molecule has 4 aromatic heterocycles. The number of H-pyrrole nitrogens is 1. The second kappa shape index (κ2) is 8.12. The number of thiophene rings is 1. The standard InChI is InChI=1S/C23H17N5O3S/c29-21(17-13-24-23(31)28(22(17)30)14-16-9-6-12-32-16)26-20-19(15-7-2-1-3-8-15)25-18-10-4-5-11-27(18)20/h1-13H,14H2,(H,24,31)(H,26,29). The van der Waals surface area contributed by atoms with E-state index in [1.54, 1.807) is 10.6 Å². The van der Waals surface area contributed by atoms with Crippen molar-refractivity contribution in [3.05, 3.63) is 110 Å². The molecule has 1 aromatic carbocycles. The quantitative estimate of drug-likeness (QED) is 0.436. The number of nitrogens with one attached hydrogen (secondary N) is 2. The van der Waals surface area contributed by atoms with E-state index in [1.165, 1.54) is 11.3 Å². The van der Waals surface area contributed by atoms with Crippen LogP contribution in [0.1, 0.15) is 15.2 Å². The number of hydrogen-bond acceptors (Lipinski definition) is 5. The van der Waals surface area contributed by atoms with Crippen molar-refractivity contribution < 1.29 is 4.79 Å². The molecule has 0 atom stereocenters. The molecule has 0 radical (unpaired) electrons. The van der Waals surface area contributed by atoms with Crippen molar-refractivity contribution in [2.45, 2.75) is 6.54 Å². The van der Waals surface area contributed by atoms with Gasteiger partial charge in [0.05, 0.1) is 6.54 Å². The Morgan fingerprint density at radius 1 is 1.03 bits per heavy atom. The summed E-state index contributed by atoms with van der Waals surface area (Å²) in [4.78, 5) is 46.3. The first-order valence-electron chi connectivity index (χ1n) is 9.80. The van der Waals surface area contributed by atoms with Gasteiger partial charge in [0.2, 0.25) is 0 Å². The van der Waals surface area contributed by atoms with Gasteiger partial charge in [0, 0.05) is 22.8 Å². The third-order valence-corrected chi connectivity index (χ3v) is 5.87. The van der Waals surface area contributed by atoms with Crippen LogP contribution in [-0.4, -0.2) is 24.8 Å². The maximum atomic E-state index is 13.1. The molecule has 158 valence electrons. The summed E-state index contributed by atoms with van der Waals surface area (Å²) in [6, 6.07) is 18.6. The number of carbonyl (C=O) groups is 1. The van der Waals surface area contributed by atoms with Crippen LogP contribution in [0.25, 0.3) is 16.9 Å². The Labute approximate surface area is 185 Å². The largest absolute Gasteiger partial charge is 0.328 e. The highest BCUT2D eigenvalue weighted by Gasteiger charge is 2.20. The van der Waals surface area contributed by atoms with E-state index in [0.717, 1.165) is 21.2 Å². The molecule has 1 amide bonds. The number of carbonyl (C=O) groups excluding carboxylic acids is 1. The number of amides is 1. The Kier molecular flexibility index (Phi) is 5.00. The van der Waals surface area contributed by atoms with Gasteiger partial charge in [-0.2, -0.15) is 0 Å². The van der Waals surface area contributed by atoms with Gasteiger partial charge in [-0.05, 0) is 23.6 Å². The highest BCUT2D eigenvalue weighted by molar-refractivity contribution is 7.09. The van der Waals surface area contributed by atoms with E-state index >= 15 is 0 Å². The van der Waals surface area contributed by atoms with E-state index in [0.29, 0.717) is 17.2 Å². The number of benzene rings is 1. The van der Waals surface area contributed by atoms with Gasteiger partial charge in [0.15, 0.2) is 0 Å². The number of hydrogen-bond donors (Lipinski definition) is 2. The van der Waals surface area contributed by atoms with Gasteiger partial charge in [-0.25, -0.2) is 9.78 Å². The van der Waals surface area contributed by atoms with Crippen molar-refractivity contribution in [3.8, 4) is 11.3 Å². The minimum atomic E-state index is -0.658. The number of nitrogens with zero attached hydrogens (tertiary/aromatic N) is 3. The minimum Gasteiger partial charge on any atom is -0.313 e. The Balaban J connectivity index is 1.56. The van der Waals surface area contributed by atoms with E-state index < -0.39 is 17.2 Å². The molecule has 2 N–H and O–H groups in total. The summed E-state index contributed by atoms with van der Waals surface area (Å²) < 4.78 is 2.77. The summed E-state index contributed by atoms with van der Waals surface area (Å²) in [5.41, 5.74) is 0.662. The zero-order chi connectivity index (χ0) is 22.1. The molecule has 4 heterocycles. The molecule has 0 saturated heterocycles. The highest BCUT2D eigenvalue weighted by Crippen LogP contribution is 2.28. The maximum Gasteiger partial charge on any atom is 0.328 e.